The highest BCUT2D eigenvalue weighted by atomic mass is 16.5. The normalized spacial score (nSPS) is 12.7. The van der Waals surface area contributed by atoms with Crippen molar-refractivity contribution in [2.24, 2.45) is 5.92 Å². The highest BCUT2D eigenvalue weighted by molar-refractivity contribution is 5.92. The quantitative estimate of drug-likeness (QED) is 0.771. The van der Waals surface area contributed by atoms with Crippen molar-refractivity contribution in [3.63, 3.8) is 0 Å². The highest BCUT2D eigenvalue weighted by Gasteiger charge is 2.14. The molecule has 1 rings (SSSR count). The average Bonchev–Trinajstić information content (AvgIpc) is 2.72. The Hall–Kier alpha value is -1.33. The first-order valence-electron chi connectivity index (χ1n) is 6.08. The predicted octanol–water partition coefficient (Wildman–Crippen LogP) is 1.35. The molecule has 0 radical (unpaired) electrons. The second kappa shape index (κ2) is 7.18. The summed E-state index contributed by atoms with van der Waals surface area (Å²) >= 11 is 0. The van der Waals surface area contributed by atoms with Crippen LogP contribution in [0, 0.1) is 12.8 Å². The monoisotopic (exact) mass is 255 g/mol. The van der Waals surface area contributed by atoms with Gasteiger partial charge in [-0.1, -0.05) is 13.8 Å². The fourth-order valence-corrected chi connectivity index (χ4v) is 1.39. The van der Waals surface area contributed by atoms with Crippen LogP contribution in [-0.4, -0.2) is 36.9 Å². The van der Waals surface area contributed by atoms with E-state index in [1.54, 1.807) is 13.0 Å². The van der Waals surface area contributed by atoms with Crippen LogP contribution in [0.25, 0.3) is 0 Å². The van der Waals surface area contributed by atoms with Gasteiger partial charge in [0.05, 0.1) is 19.0 Å². The lowest BCUT2D eigenvalue weighted by atomic mass is 10.2. The Kier molecular flexibility index (Phi) is 5.88. The standard InChI is InChI=1S/C13H21NO4/c1-9(2)7-17-8-11(15)6-14-13(16)12-10(3)4-5-18-12/h4-5,9,11,15H,6-8H2,1-3H3,(H,14,16). The smallest absolute Gasteiger partial charge is 0.287 e. The molecule has 0 aliphatic carbocycles. The van der Waals surface area contributed by atoms with E-state index in [0.29, 0.717) is 12.5 Å². The Bertz CT molecular complexity index is 373. The van der Waals surface area contributed by atoms with Gasteiger partial charge in [-0.3, -0.25) is 4.79 Å². The molecule has 0 bridgehead atoms. The first-order valence-corrected chi connectivity index (χ1v) is 6.08. The summed E-state index contributed by atoms with van der Waals surface area (Å²) in [6.45, 7) is 6.83. The zero-order valence-electron chi connectivity index (χ0n) is 11.1. The van der Waals surface area contributed by atoms with Crippen LogP contribution in [0.3, 0.4) is 0 Å². The number of hydrogen-bond donors (Lipinski definition) is 2. The van der Waals surface area contributed by atoms with Gasteiger partial charge in [-0.15, -0.1) is 0 Å². The third-order valence-electron chi connectivity index (χ3n) is 2.33. The minimum absolute atomic E-state index is 0.150. The van der Waals surface area contributed by atoms with Gasteiger partial charge in [-0.05, 0) is 18.9 Å². The number of amides is 1. The van der Waals surface area contributed by atoms with E-state index in [1.807, 2.05) is 13.8 Å². The molecule has 5 nitrogen and oxygen atoms in total. The molecule has 5 heteroatoms. The maximum atomic E-state index is 11.7. The zero-order chi connectivity index (χ0) is 13.5. The molecule has 1 aromatic rings. The van der Waals surface area contributed by atoms with Crippen LogP contribution in [0.2, 0.25) is 0 Å². The topological polar surface area (TPSA) is 71.7 Å². The lowest BCUT2D eigenvalue weighted by molar-refractivity contribution is 0.0257. The Labute approximate surface area is 107 Å². The summed E-state index contributed by atoms with van der Waals surface area (Å²) in [6, 6.07) is 1.72. The largest absolute Gasteiger partial charge is 0.459 e. The lowest BCUT2D eigenvalue weighted by Crippen LogP contribution is -2.34. The molecular weight excluding hydrogens is 234 g/mol. The van der Waals surface area contributed by atoms with Gasteiger partial charge in [0.1, 0.15) is 0 Å². The first kappa shape index (κ1) is 14.7. The van der Waals surface area contributed by atoms with Crippen molar-refractivity contribution in [3.05, 3.63) is 23.7 Å². The van der Waals surface area contributed by atoms with Crippen molar-refractivity contribution < 1.29 is 19.1 Å². The van der Waals surface area contributed by atoms with Crippen molar-refractivity contribution in [1.82, 2.24) is 5.32 Å². The summed E-state index contributed by atoms with van der Waals surface area (Å²) in [5.74, 6) is 0.392. The second-order valence-corrected chi connectivity index (χ2v) is 4.73. The van der Waals surface area contributed by atoms with Crippen LogP contribution in [0.5, 0.6) is 0 Å². The number of furan rings is 1. The van der Waals surface area contributed by atoms with E-state index in [0.717, 1.165) is 5.56 Å². The van der Waals surface area contributed by atoms with E-state index < -0.39 is 6.10 Å². The molecule has 0 fully saturated rings. The van der Waals surface area contributed by atoms with Gasteiger partial charge < -0.3 is 19.6 Å². The van der Waals surface area contributed by atoms with Crippen LogP contribution in [0.1, 0.15) is 30.0 Å². The summed E-state index contributed by atoms with van der Waals surface area (Å²) in [7, 11) is 0. The molecule has 1 aromatic heterocycles. The van der Waals surface area contributed by atoms with Gasteiger partial charge in [0.15, 0.2) is 5.76 Å². The fourth-order valence-electron chi connectivity index (χ4n) is 1.39. The number of rotatable bonds is 7. The summed E-state index contributed by atoms with van der Waals surface area (Å²) < 4.78 is 10.3. The predicted molar refractivity (Wildman–Crippen MR) is 67.4 cm³/mol. The minimum Gasteiger partial charge on any atom is -0.459 e. The third-order valence-corrected chi connectivity index (χ3v) is 2.33. The molecule has 0 aromatic carbocycles. The van der Waals surface area contributed by atoms with E-state index in [-0.39, 0.29) is 24.8 Å². The van der Waals surface area contributed by atoms with Crippen molar-refractivity contribution in [2.75, 3.05) is 19.8 Å². The summed E-state index contributed by atoms with van der Waals surface area (Å²) in [5, 5.41) is 12.2. The van der Waals surface area contributed by atoms with Crippen molar-refractivity contribution in [3.8, 4) is 0 Å². The van der Waals surface area contributed by atoms with Crippen molar-refractivity contribution in [2.45, 2.75) is 26.9 Å². The molecule has 18 heavy (non-hydrogen) atoms. The molecule has 0 saturated carbocycles. The van der Waals surface area contributed by atoms with Crippen molar-refractivity contribution in [1.29, 1.82) is 0 Å². The van der Waals surface area contributed by atoms with Gasteiger partial charge in [-0.2, -0.15) is 0 Å². The van der Waals surface area contributed by atoms with Crippen LogP contribution < -0.4 is 5.32 Å². The van der Waals surface area contributed by atoms with E-state index >= 15 is 0 Å². The molecule has 0 saturated heterocycles. The third kappa shape index (κ3) is 4.89. The molecule has 102 valence electrons. The summed E-state index contributed by atoms with van der Waals surface area (Å²) in [4.78, 5) is 11.7. The molecular formula is C13H21NO4. The number of ether oxygens (including phenoxy) is 1. The minimum atomic E-state index is -0.706. The van der Waals surface area contributed by atoms with Gasteiger partial charge in [0.2, 0.25) is 0 Å². The van der Waals surface area contributed by atoms with E-state index in [2.05, 4.69) is 5.32 Å². The van der Waals surface area contributed by atoms with E-state index in [4.69, 9.17) is 9.15 Å². The average molecular weight is 255 g/mol. The Morgan fingerprint density at radius 3 is 2.78 bits per heavy atom. The van der Waals surface area contributed by atoms with Crippen LogP contribution >= 0.6 is 0 Å². The van der Waals surface area contributed by atoms with Gasteiger partial charge in [0, 0.05) is 18.7 Å². The molecule has 0 spiro atoms. The number of carbonyl (C=O) groups excluding carboxylic acids is 1. The molecule has 0 aliphatic rings. The molecule has 1 atom stereocenters. The molecule has 1 heterocycles. The van der Waals surface area contributed by atoms with Crippen LogP contribution in [-0.2, 0) is 4.74 Å². The number of aryl methyl sites for hydroxylation is 1. The second-order valence-electron chi connectivity index (χ2n) is 4.73. The summed E-state index contributed by atoms with van der Waals surface area (Å²) in [5.41, 5.74) is 0.776. The summed E-state index contributed by atoms with van der Waals surface area (Å²) in [6.07, 6.45) is 0.759. The Balaban J connectivity index is 2.24. The molecule has 1 amide bonds. The molecule has 2 N–H and O–H groups in total. The fraction of sp³-hybridized carbons (Fsp3) is 0.615. The van der Waals surface area contributed by atoms with Crippen LogP contribution in [0.15, 0.2) is 16.7 Å². The number of aliphatic hydroxyl groups is 1. The number of carbonyl (C=O) groups is 1. The number of nitrogens with one attached hydrogen (secondary N) is 1. The lowest BCUT2D eigenvalue weighted by Gasteiger charge is -2.13. The maximum absolute atomic E-state index is 11.7. The Morgan fingerprint density at radius 2 is 2.22 bits per heavy atom. The first-order chi connectivity index (χ1) is 8.50. The SMILES string of the molecule is Cc1ccoc1C(=O)NCC(O)COCC(C)C. The molecule has 0 aliphatic heterocycles. The van der Waals surface area contributed by atoms with E-state index in [9.17, 15) is 9.90 Å². The van der Waals surface area contributed by atoms with Gasteiger partial charge >= 0.3 is 0 Å². The number of hydrogen-bond acceptors (Lipinski definition) is 4. The Morgan fingerprint density at radius 1 is 1.50 bits per heavy atom. The highest BCUT2D eigenvalue weighted by Crippen LogP contribution is 2.07. The van der Waals surface area contributed by atoms with Gasteiger partial charge in [0.25, 0.3) is 5.91 Å². The zero-order valence-corrected chi connectivity index (χ0v) is 11.1. The maximum Gasteiger partial charge on any atom is 0.287 e. The van der Waals surface area contributed by atoms with Crippen LogP contribution in [0.4, 0.5) is 0 Å². The van der Waals surface area contributed by atoms with Gasteiger partial charge in [-0.25, -0.2) is 0 Å². The number of aliphatic hydroxyl groups excluding tert-OH is 1. The van der Waals surface area contributed by atoms with E-state index in [1.165, 1.54) is 6.26 Å². The van der Waals surface area contributed by atoms with Crippen molar-refractivity contribution >= 4 is 5.91 Å². The molecule has 1 unspecified atom stereocenters.